The number of aryl methyl sites for hydroxylation is 2. The van der Waals surface area contributed by atoms with Crippen LogP contribution in [0.3, 0.4) is 0 Å². The third-order valence-electron chi connectivity index (χ3n) is 3.27. The van der Waals surface area contributed by atoms with Crippen molar-refractivity contribution >= 4 is 34.1 Å². The van der Waals surface area contributed by atoms with Gasteiger partial charge in [-0.05, 0) is 54.7 Å². The summed E-state index contributed by atoms with van der Waals surface area (Å²) in [5, 5.41) is 0. The minimum Gasteiger partial charge on any atom is -0.414 e. The van der Waals surface area contributed by atoms with E-state index in [2.05, 4.69) is 0 Å². The van der Waals surface area contributed by atoms with Crippen LogP contribution in [-0.2, 0) is 6.42 Å². The normalized spacial score (nSPS) is 10.3. The zero-order valence-electron chi connectivity index (χ0n) is 12.6. The van der Waals surface area contributed by atoms with E-state index in [1.165, 1.54) is 0 Å². The van der Waals surface area contributed by atoms with E-state index in [1.807, 2.05) is 38.1 Å². The van der Waals surface area contributed by atoms with E-state index in [9.17, 15) is 9.59 Å². The summed E-state index contributed by atoms with van der Waals surface area (Å²) < 4.78 is 9.78. The molecule has 0 amide bonds. The summed E-state index contributed by atoms with van der Waals surface area (Å²) in [6.07, 6.45) is 0.686. The first-order chi connectivity index (χ1) is 10.8. The Labute approximate surface area is 143 Å². The van der Waals surface area contributed by atoms with Crippen molar-refractivity contribution in [1.82, 2.24) is 0 Å². The van der Waals surface area contributed by atoms with E-state index < -0.39 is 10.9 Å². The van der Waals surface area contributed by atoms with Gasteiger partial charge in [0.15, 0.2) is 0 Å². The lowest BCUT2D eigenvalue weighted by molar-refractivity contribution is 0.224. The quantitative estimate of drug-likeness (QED) is 0.694. The van der Waals surface area contributed by atoms with E-state index in [0.717, 1.165) is 22.3 Å². The molecule has 2 aromatic rings. The molecule has 0 saturated heterocycles. The third kappa shape index (κ3) is 4.98. The van der Waals surface area contributed by atoms with Crippen molar-refractivity contribution in [3.8, 4) is 11.5 Å². The van der Waals surface area contributed by atoms with Gasteiger partial charge >= 0.3 is 10.9 Å². The van der Waals surface area contributed by atoms with Crippen molar-refractivity contribution in [2.45, 2.75) is 20.3 Å². The van der Waals surface area contributed by atoms with Crippen molar-refractivity contribution in [2.24, 2.45) is 0 Å². The number of benzene rings is 2. The fraction of sp³-hybridized carbons (Fsp3) is 0.176. The Morgan fingerprint density at radius 1 is 0.826 bits per heavy atom. The van der Waals surface area contributed by atoms with Gasteiger partial charge in [0.25, 0.3) is 0 Å². The van der Waals surface area contributed by atoms with Gasteiger partial charge in [0, 0.05) is 23.2 Å². The molecule has 0 aliphatic heterocycles. The fourth-order valence-corrected chi connectivity index (χ4v) is 2.45. The fourth-order valence-electron chi connectivity index (χ4n) is 2.28. The molecule has 0 aliphatic rings. The van der Waals surface area contributed by atoms with Crippen molar-refractivity contribution in [1.29, 1.82) is 0 Å². The standard InChI is InChI=1S/C17H14Cl2O4/c1-10-7-12(3-5-14(10)22-16(18)20)9-13-4-6-15(11(2)8-13)23-17(19)21/h3-8H,9H2,1-2H3. The number of rotatable bonds is 4. The predicted molar refractivity (Wildman–Crippen MR) is 88.9 cm³/mol. The predicted octanol–water partition coefficient (Wildman–Crippen LogP) is 5.37. The summed E-state index contributed by atoms with van der Waals surface area (Å²) in [4.78, 5) is 21.6. The molecule has 0 radical (unpaired) electrons. The minimum absolute atomic E-state index is 0.439. The summed E-state index contributed by atoms with van der Waals surface area (Å²) in [6.45, 7) is 3.68. The zero-order valence-corrected chi connectivity index (χ0v) is 14.1. The highest BCUT2D eigenvalue weighted by Gasteiger charge is 2.08. The van der Waals surface area contributed by atoms with Gasteiger partial charge in [0.1, 0.15) is 11.5 Å². The molecule has 4 nitrogen and oxygen atoms in total. The molecule has 0 fully saturated rings. The second-order valence-electron chi connectivity index (χ2n) is 5.06. The first-order valence-electron chi connectivity index (χ1n) is 6.79. The second kappa shape index (κ2) is 7.49. The van der Waals surface area contributed by atoms with Crippen LogP contribution in [0.25, 0.3) is 0 Å². The third-order valence-corrected chi connectivity index (χ3v) is 3.42. The first kappa shape index (κ1) is 17.3. The molecule has 2 rings (SSSR count). The van der Waals surface area contributed by atoms with E-state index in [1.54, 1.807) is 12.1 Å². The molecule has 23 heavy (non-hydrogen) atoms. The second-order valence-corrected chi connectivity index (χ2v) is 5.67. The summed E-state index contributed by atoms with van der Waals surface area (Å²) in [6, 6.07) is 11.0. The van der Waals surface area contributed by atoms with Crippen LogP contribution in [0.2, 0.25) is 0 Å². The number of carbonyl (C=O) groups excluding carboxylic acids is 2. The van der Waals surface area contributed by atoms with Crippen LogP contribution in [0.5, 0.6) is 11.5 Å². The molecule has 0 N–H and O–H groups in total. The Bertz CT molecular complexity index is 693. The molecule has 0 bridgehead atoms. The van der Waals surface area contributed by atoms with E-state index in [4.69, 9.17) is 32.7 Å². The SMILES string of the molecule is Cc1cc(Cc2ccc(OC(=O)Cl)c(C)c2)ccc1OC(=O)Cl. The molecule has 0 aromatic heterocycles. The largest absolute Gasteiger partial charge is 0.414 e. The van der Waals surface area contributed by atoms with Gasteiger partial charge < -0.3 is 9.47 Å². The molecule has 0 heterocycles. The van der Waals surface area contributed by atoms with Gasteiger partial charge in [-0.15, -0.1) is 0 Å². The highest BCUT2D eigenvalue weighted by atomic mass is 35.5. The summed E-state index contributed by atoms with van der Waals surface area (Å²) in [5.74, 6) is 0.878. The van der Waals surface area contributed by atoms with Gasteiger partial charge in [-0.2, -0.15) is 0 Å². The average molecular weight is 353 g/mol. The van der Waals surface area contributed by atoms with Crippen LogP contribution in [0.15, 0.2) is 36.4 Å². The summed E-state index contributed by atoms with van der Waals surface area (Å²) in [5.41, 5.74) is 2.03. The maximum Gasteiger partial charge on any atom is 0.409 e. The van der Waals surface area contributed by atoms with Crippen molar-refractivity contribution < 1.29 is 19.1 Å². The highest BCUT2D eigenvalue weighted by molar-refractivity contribution is 6.61. The molecule has 0 atom stereocenters. The van der Waals surface area contributed by atoms with Crippen LogP contribution in [-0.4, -0.2) is 10.9 Å². The topological polar surface area (TPSA) is 52.6 Å². The monoisotopic (exact) mass is 352 g/mol. The Balaban J connectivity index is 2.16. The van der Waals surface area contributed by atoms with Crippen LogP contribution in [0, 0.1) is 13.8 Å². The molecule has 0 aliphatic carbocycles. The average Bonchev–Trinajstić information content (AvgIpc) is 2.44. The van der Waals surface area contributed by atoms with Gasteiger partial charge in [0.2, 0.25) is 0 Å². The van der Waals surface area contributed by atoms with Gasteiger partial charge in [-0.3, -0.25) is 0 Å². The van der Waals surface area contributed by atoms with Gasteiger partial charge in [-0.1, -0.05) is 24.3 Å². The van der Waals surface area contributed by atoms with Crippen LogP contribution >= 0.6 is 23.2 Å². The molecule has 6 heteroatoms. The lowest BCUT2D eigenvalue weighted by Gasteiger charge is -2.10. The number of hydrogen-bond donors (Lipinski definition) is 0. The summed E-state index contributed by atoms with van der Waals surface area (Å²) >= 11 is 10.4. The zero-order chi connectivity index (χ0) is 17.0. The van der Waals surface area contributed by atoms with Gasteiger partial charge in [0.05, 0.1) is 0 Å². The minimum atomic E-state index is -0.860. The lowest BCUT2D eigenvalue weighted by atomic mass is 10.0. The number of carbonyl (C=O) groups is 2. The van der Waals surface area contributed by atoms with Crippen molar-refractivity contribution in [3.63, 3.8) is 0 Å². The number of halogens is 2. The van der Waals surface area contributed by atoms with E-state index in [0.29, 0.717) is 17.9 Å². The van der Waals surface area contributed by atoms with Crippen molar-refractivity contribution in [3.05, 3.63) is 58.7 Å². The maximum absolute atomic E-state index is 10.8. The van der Waals surface area contributed by atoms with Gasteiger partial charge in [-0.25, -0.2) is 9.59 Å². The van der Waals surface area contributed by atoms with Crippen LogP contribution in [0.4, 0.5) is 9.59 Å². The molecule has 0 unspecified atom stereocenters. The number of ether oxygens (including phenoxy) is 2. The summed E-state index contributed by atoms with van der Waals surface area (Å²) in [7, 11) is 0. The van der Waals surface area contributed by atoms with Crippen LogP contribution < -0.4 is 9.47 Å². The van der Waals surface area contributed by atoms with E-state index in [-0.39, 0.29) is 0 Å². The Hall–Kier alpha value is -2.04. The molecular formula is C17H14Cl2O4. The van der Waals surface area contributed by atoms with Crippen molar-refractivity contribution in [2.75, 3.05) is 0 Å². The lowest BCUT2D eigenvalue weighted by Crippen LogP contribution is -2.00. The molecule has 2 aromatic carbocycles. The Morgan fingerprint density at radius 2 is 1.22 bits per heavy atom. The Kier molecular flexibility index (Phi) is 5.64. The van der Waals surface area contributed by atoms with Crippen LogP contribution in [0.1, 0.15) is 22.3 Å². The molecule has 0 spiro atoms. The molecule has 0 saturated carbocycles. The first-order valence-corrected chi connectivity index (χ1v) is 7.54. The Morgan fingerprint density at radius 3 is 1.52 bits per heavy atom. The highest BCUT2D eigenvalue weighted by Crippen LogP contribution is 2.24. The van der Waals surface area contributed by atoms with E-state index >= 15 is 0 Å². The maximum atomic E-state index is 10.8. The smallest absolute Gasteiger partial charge is 0.409 e. The number of hydrogen-bond acceptors (Lipinski definition) is 4. The molecule has 120 valence electrons. The molecular weight excluding hydrogens is 339 g/mol.